The van der Waals surface area contributed by atoms with Crippen molar-refractivity contribution in [2.45, 2.75) is 18.2 Å². The molecule has 4 rings (SSSR count). The summed E-state index contributed by atoms with van der Waals surface area (Å²) in [5.74, 6) is 3.34. The first kappa shape index (κ1) is 16.5. The second kappa shape index (κ2) is 7.49. The Morgan fingerprint density at radius 1 is 1.16 bits per heavy atom. The van der Waals surface area contributed by atoms with Gasteiger partial charge in [0.1, 0.15) is 18.5 Å². The predicted octanol–water partition coefficient (Wildman–Crippen LogP) is 2.55. The molecule has 0 unspecified atom stereocenters. The minimum Gasteiger partial charge on any atom is -0.486 e. The molecule has 3 heterocycles. The van der Waals surface area contributed by atoms with Crippen molar-refractivity contribution in [3.05, 3.63) is 36.0 Å². The Kier molecular flexibility index (Phi) is 4.94. The minimum atomic E-state index is -0.00384. The molecule has 1 aromatic heterocycles. The highest BCUT2D eigenvalue weighted by atomic mass is 32.2. The first-order chi connectivity index (χ1) is 12.3. The van der Waals surface area contributed by atoms with Crippen molar-refractivity contribution < 1.29 is 14.2 Å². The summed E-state index contributed by atoms with van der Waals surface area (Å²) in [5.41, 5.74) is 0.977. The summed E-state index contributed by atoms with van der Waals surface area (Å²) in [5, 5.41) is 0.781. The Hall–Kier alpha value is -1.99. The largest absolute Gasteiger partial charge is 0.486 e. The molecule has 7 heteroatoms. The van der Waals surface area contributed by atoms with Crippen LogP contribution in [0, 0.1) is 6.92 Å². The number of nitrogens with zero attached hydrogens (tertiary/aromatic N) is 3. The molecule has 132 valence electrons. The summed E-state index contributed by atoms with van der Waals surface area (Å²) < 4.78 is 17.2. The SMILES string of the molecule is Cc1cc(N2CCOCC2)nc(SC[C@H]2COc3ccccc3O2)n1. The third-order valence-corrected chi connectivity index (χ3v) is 5.10. The molecule has 6 nitrogen and oxygen atoms in total. The van der Waals surface area contributed by atoms with Gasteiger partial charge in [0, 0.05) is 30.6 Å². The smallest absolute Gasteiger partial charge is 0.189 e. The maximum absolute atomic E-state index is 6.00. The minimum absolute atomic E-state index is 0.00384. The van der Waals surface area contributed by atoms with E-state index >= 15 is 0 Å². The molecule has 0 N–H and O–H groups in total. The van der Waals surface area contributed by atoms with E-state index in [1.54, 1.807) is 11.8 Å². The van der Waals surface area contributed by atoms with Crippen LogP contribution in [0.1, 0.15) is 5.69 Å². The number of aromatic nitrogens is 2. The number of benzene rings is 1. The molecule has 1 fully saturated rings. The number of ether oxygens (including phenoxy) is 3. The zero-order chi connectivity index (χ0) is 17.1. The lowest BCUT2D eigenvalue weighted by Gasteiger charge is -2.28. The van der Waals surface area contributed by atoms with Crippen LogP contribution in [-0.4, -0.2) is 54.7 Å². The van der Waals surface area contributed by atoms with Gasteiger partial charge in [0.05, 0.1) is 13.2 Å². The summed E-state index contributed by atoms with van der Waals surface area (Å²) in [6, 6.07) is 9.80. The number of aryl methyl sites for hydroxylation is 1. The van der Waals surface area contributed by atoms with Crippen LogP contribution < -0.4 is 14.4 Å². The average Bonchev–Trinajstić information content (AvgIpc) is 2.66. The number of hydrogen-bond donors (Lipinski definition) is 0. The Bertz CT molecular complexity index is 737. The average molecular weight is 359 g/mol. The van der Waals surface area contributed by atoms with Crippen molar-refractivity contribution in [1.29, 1.82) is 0 Å². The quantitative estimate of drug-likeness (QED) is 0.614. The Morgan fingerprint density at radius 3 is 2.80 bits per heavy atom. The topological polar surface area (TPSA) is 56.7 Å². The summed E-state index contributed by atoms with van der Waals surface area (Å²) in [4.78, 5) is 11.5. The number of fused-ring (bicyclic) bond motifs is 1. The van der Waals surface area contributed by atoms with Crippen molar-refractivity contribution in [1.82, 2.24) is 9.97 Å². The van der Waals surface area contributed by atoms with Crippen LogP contribution in [-0.2, 0) is 4.74 Å². The third kappa shape index (κ3) is 3.99. The number of rotatable bonds is 4. The van der Waals surface area contributed by atoms with Crippen molar-refractivity contribution >= 4 is 17.6 Å². The molecular formula is C18H21N3O3S. The van der Waals surface area contributed by atoms with Crippen molar-refractivity contribution in [3.63, 3.8) is 0 Å². The zero-order valence-electron chi connectivity index (χ0n) is 14.2. The van der Waals surface area contributed by atoms with Gasteiger partial charge in [0.15, 0.2) is 16.7 Å². The molecule has 1 atom stereocenters. The molecule has 2 aliphatic heterocycles. The van der Waals surface area contributed by atoms with Gasteiger partial charge in [-0.05, 0) is 19.1 Å². The van der Waals surface area contributed by atoms with Crippen LogP contribution in [0.3, 0.4) is 0 Å². The lowest BCUT2D eigenvalue weighted by molar-refractivity contribution is 0.107. The highest BCUT2D eigenvalue weighted by molar-refractivity contribution is 7.99. The molecule has 0 spiro atoms. The summed E-state index contributed by atoms with van der Waals surface area (Å²) >= 11 is 1.61. The second-order valence-electron chi connectivity index (χ2n) is 6.06. The first-order valence-corrected chi connectivity index (χ1v) is 9.46. The molecule has 0 aliphatic carbocycles. The lowest BCUT2D eigenvalue weighted by atomic mass is 10.3. The molecule has 0 saturated carbocycles. The van der Waals surface area contributed by atoms with Crippen molar-refractivity contribution in [2.24, 2.45) is 0 Å². The maximum Gasteiger partial charge on any atom is 0.189 e. The van der Waals surface area contributed by atoms with Crippen LogP contribution in [0.25, 0.3) is 0 Å². The standard InChI is InChI=1S/C18H21N3O3S/c1-13-10-17(21-6-8-22-9-7-21)20-18(19-13)25-12-14-11-23-15-4-2-3-5-16(15)24-14/h2-5,10,14H,6-9,11-12H2,1H3/t14-/m1/s1. The number of thioether (sulfide) groups is 1. The van der Waals surface area contributed by atoms with E-state index in [1.807, 2.05) is 37.3 Å². The fourth-order valence-electron chi connectivity index (χ4n) is 2.86. The molecule has 0 radical (unpaired) electrons. The Balaban J connectivity index is 1.40. The van der Waals surface area contributed by atoms with Gasteiger partial charge < -0.3 is 19.1 Å². The van der Waals surface area contributed by atoms with Gasteiger partial charge in [-0.1, -0.05) is 23.9 Å². The number of morpholine rings is 1. The molecule has 0 amide bonds. The van der Waals surface area contributed by atoms with Gasteiger partial charge in [0.25, 0.3) is 0 Å². The summed E-state index contributed by atoms with van der Waals surface area (Å²) in [6.45, 7) is 5.79. The van der Waals surface area contributed by atoms with Crippen molar-refractivity contribution in [2.75, 3.05) is 43.6 Å². The van der Waals surface area contributed by atoms with Gasteiger partial charge >= 0.3 is 0 Å². The van der Waals surface area contributed by atoms with E-state index in [2.05, 4.69) is 9.88 Å². The third-order valence-electron chi connectivity index (χ3n) is 4.12. The van der Waals surface area contributed by atoms with Crippen molar-refractivity contribution in [3.8, 4) is 11.5 Å². The fraction of sp³-hybridized carbons (Fsp3) is 0.444. The van der Waals surface area contributed by atoms with E-state index in [0.717, 1.165) is 60.2 Å². The number of hydrogen-bond acceptors (Lipinski definition) is 7. The number of anilines is 1. The number of para-hydroxylation sites is 2. The van der Waals surface area contributed by atoms with Gasteiger partial charge in [-0.2, -0.15) is 0 Å². The fourth-order valence-corrected chi connectivity index (χ4v) is 3.72. The molecule has 25 heavy (non-hydrogen) atoms. The van der Waals surface area contributed by atoms with Crippen LogP contribution in [0.5, 0.6) is 11.5 Å². The predicted molar refractivity (Wildman–Crippen MR) is 96.9 cm³/mol. The highest BCUT2D eigenvalue weighted by Crippen LogP contribution is 2.32. The van der Waals surface area contributed by atoms with E-state index in [4.69, 9.17) is 19.2 Å². The summed E-state index contributed by atoms with van der Waals surface area (Å²) in [6.07, 6.45) is -0.00384. The molecule has 1 aromatic carbocycles. The van der Waals surface area contributed by atoms with Gasteiger partial charge in [0.2, 0.25) is 0 Å². The zero-order valence-corrected chi connectivity index (χ0v) is 15.0. The highest BCUT2D eigenvalue weighted by Gasteiger charge is 2.21. The Labute approximate surface area is 151 Å². The van der Waals surface area contributed by atoms with E-state index in [0.29, 0.717) is 6.61 Å². The summed E-state index contributed by atoms with van der Waals surface area (Å²) in [7, 11) is 0. The van der Waals surface area contributed by atoms with Gasteiger partial charge in [-0.25, -0.2) is 9.97 Å². The van der Waals surface area contributed by atoms with Crippen LogP contribution >= 0.6 is 11.8 Å². The van der Waals surface area contributed by atoms with E-state index < -0.39 is 0 Å². The molecule has 1 saturated heterocycles. The first-order valence-electron chi connectivity index (χ1n) is 8.47. The van der Waals surface area contributed by atoms with Gasteiger partial charge in [-0.15, -0.1) is 0 Å². The monoisotopic (exact) mass is 359 g/mol. The van der Waals surface area contributed by atoms with E-state index in [-0.39, 0.29) is 6.10 Å². The van der Waals surface area contributed by atoms with Gasteiger partial charge in [-0.3, -0.25) is 0 Å². The second-order valence-corrected chi connectivity index (χ2v) is 7.05. The molecular weight excluding hydrogens is 338 g/mol. The molecule has 2 aromatic rings. The molecule has 0 bridgehead atoms. The van der Waals surface area contributed by atoms with Crippen LogP contribution in [0.4, 0.5) is 5.82 Å². The van der Waals surface area contributed by atoms with Crippen LogP contribution in [0.2, 0.25) is 0 Å². The Morgan fingerprint density at radius 2 is 1.96 bits per heavy atom. The maximum atomic E-state index is 6.00. The lowest BCUT2D eigenvalue weighted by Crippen LogP contribution is -2.37. The molecule has 2 aliphatic rings. The normalized spacial score (nSPS) is 19.7. The van der Waals surface area contributed by atoms with E-state index in [1.165, 1.54) is 0 Å². The van der Waals surface area contributed by atoms with Crippen LogP contribution in [0.15, 0.2) is 35.5 Å². The van der Waals surface area contributed by atoms with E-state index in [9.17, 15) is 0 Å².